The highest BCUT2D eigenvalue weighted by Gasteiger charge is 2.29. The minimum atomic E-state index is -3.31. The number of hydrogen-bond acceptors (Lipinski definition) is 5. The molecule has 2 aromatic heterocycles. The Morgan fingerprint density at radius 3 is 2.56 bits per heavy atom. The summed E-state index contributed by atoms with van der Waals surface area (Å²) in [6.45, 7) is 3.05. The lowest BCUT2D eigenvalue weighted by molar-refractivity contribution is 0.261. The molecule has 0 spiro atoms. The van der Waals surface area contributed by atoms with Gasteiger partial charge in [0.05, 0.1) is 11.9 Å². The van der Waals surface area contributed by atoms with Gasteiger partial charge < -0.3 is 4.98 Å². The average molecular weight is 364 g/mol. The molecule has 9 heteroatoms. The Morgan fingerprint density at radius 1 is 1.24 bits per heavy atom. The van der Waals surface area contributed by atoms with Gasteiger partial charge in [0, 0.05) is 45.3 Å². The van der Waals surface area contributed by atoms with Gasteiger partial charge >= 0.3 is 0 Å². The van der Waals surface area contributed by atoms with Crippen LogP contribution in [0.15, 0.2) is 18.6 Å². The Balaban J connectivity index is 1.63. The molecule has 25 heavy (non-hydrogen) atoms. The Labute approximate surface area is 148 Å². The number of hydrogen-bond donors (Lipinski definition) is 1. The van der Waals surface area contributed by atoms with Crippen molar-refractivity contribution < 1.29 is 8.42 Å². The number of nitrogens with zero attached hydrogens (tertiary/aromatic N) is 5. The van der Waals surface area contributed by atoms with Gasteiger partial charge in [-0.3, -0.25) is 4.98 Å². The van der Waals surface area contributed by atoms with E-state index in [0.29, 0.717) is 19.0 Å². The second-order valence-corrected chi connectivity index (χ2v) is 8.79. The molecule has 3 heterocycles. The van der Waals surface area contributed by atoms with E-state index in [1.54, 1.807) is 37.0 Å². The number of rotatable bonds is 5. The van der Waals surface area contributed by atoms with E-state index in [-0.39, 0.29) is 0 Å². The van der Waals surface area contributed by atoms with E-state index in [4.69, 9.17) is 0 Å². The van der Waals surface area contributed by atoms with E-state index in [1.165, 1.54) is 4.31 Å². The van der Waals surface area contributed by atoms with E-state index < -0.39 is 10.2 Å². The van der Waals surface area contributed by atoms with Crippen molar-refractivity contribution in [1.82, 2.24) is 28.5 Å². The number of piperidine rings is 1. The molecule has 1 N–H and O–H groups in total. The molecule has 0 atom stereocenters. The van der Waals surface area contributed by atoms with E-state index in [9.17, 15) is 8.42 Å². The number of nitrogens with one attached hydrogen (secondary N) is 1. The molecule has 2 aromatic rings. The number of aromatic nitrogens is 4. The maximum atomic E-state index is 12.2. The minimum Gasteiger partial charge on any atom is -0.341 e. The molecule has 8 nitrogen and oxygen atoms in total. The van der Waals surface area contributed by atoms with Gasteiger partial charge in [0.25, 0.3) is 10.2 Å². The molecule has 0 aliphatic carbocycles. The Kier molecular flexibility index (Phi) is 5.16. The highest BCUT2D eigenvalue weighted by atomic mass is 32.2. The first-order valence-corrected chi connectivity index (χ1v) is 9.76. The molecule has 136 valence electrons. The normalized spacial score (nSPS) is 17.3. The number of aromatic amines is 1. The van der Waals surface area contributed by atoms with Crippen molar-refractivity contribution in [2.45, 2.75) is 26.2 Å². The van der Waals surface area contributed by atoms with Crippen LogP contribution in [0.25, 0.3) is 11.5 Å². The summed E-state index contributed by atoms with van der Waals surface area (Å²) in [6, 6.07) is 0. The van der Waals surface area contributed by atoms with Crippen molar-refractivity contribution >= 4 is 10.2 Å². The van der Waals surface area contributed by atoms with E-state index in [1.807, 2.05) is 6.92 Å². The zero-order valence-electron chi connectivity index (χ0n) is 14.8. The number of imidazole rings is 1. The van der Waals surface area contributed by atoms with Crippen molar-refractivity contribution in [3.8, 4) is 11.5 Å². The molecule has 0 aromatic carbocycles. The lowest BCUT2D eigenvalue weighted by atomic mass is 9.93. The summed E-state index contributed by atoms with van der Waals surface area (Å²) in [5.41, 5.74) is 2.63. The Hall–Kier alpha value is -1.84. The zero-order valence-corrected chi connectivity index (χ0v) is 15.6. The summed E-state index contributed by atoms with van der Waals surface area (Å²) in [5, 5.41) is 0. The van der Waals surface area contributed by atoms with Crippen LogP contribution in [-0.4, -0.2) is 64.1 Å². The van der Waals surface area contributed by atoms with Gasteiger partial charge in [-0.05, 0) is 32.1 Å². The standard InChI is InChI=1S/C16H24N6O2S/c1-12-9-18-16(19-12)15-11-17-10-14(20-15)8-13-4-6-22(7-5-13)25(23,24)21(2)3/h9-11,13H,4-8H2,1-3H3,(H,18,19). The van der Waals surface area contributed by atoms with Crippen molar-refractivity contribution in [3.05, 3.63) is 30.0 Å². The van der Waals surface area contributed by atoms with E-state index in [2.05, 4.69) is 19.9 Å². The van der Waals surface area contributed by atoms with Crippen molar-refractivity contribution in [1.29, 1.82) is 0 Å². The van der Waals surface area contributed by atoms with Gasteiger partial charge in [-0.2, -0.15) is 17.0 Å². The number of H-pyrrole nitrogens is 1. The molecule has 0 unspecified atom stereocenters. The molecule has 0 bridgehead atoms. The van der Waals surface area contributed by atoms with Crippen LogP contribution >= 0.6 is 0 Å². The topological polar surface area (TPSA) is 95.1 Å². The number of aryl methyl sites for hydroxylation is 1. The largest absolute Gasteiger partial charge is 0.341 e. The lowest BCUT2D eigenvalue weighted by Crippen LogP contribution is -2.44. The molecule has 1 saturated heterocycles. The summed E-state index contributed by atoms with van der Waals surface area (Å²) < 4.78 is 27.2. The van der Waals surface area contributed by atoms with Gasteiger partial charge in [-0.1, -0.05) is 0 Å². The van der Waals surface area contributed by atoms with E-state index in [0.717, 1.165) is 42.2 Å². The van der Waals surface area contributed by atoms with Crippen LogP contribution in [0, 0.1) is 12.8 Å². The monoisotopic (exact) mass is 364 g/mol. The Morgan fingerprint density at radius 2 is 1.96 bits per heavy atom. The molecular formula is C16H24N6O2S. The minimum absolute atomic E-state index is 0.413. The fourth-order valence-corrected chi connectivity index (χ4v) is 4.17. The summed E-state index contributed by atoms with van der Waals surface area (Å²) in [6.07, 6.45) is 7.72. The van der Waals surface area contributed by atoms with Crippen LogP contribution in [0.2, 0.25) is 0 Å². The molecule has 3 rings (SSSR count). The first-order chi connectivity index (χ1) is 11.9. The average Bonchev–Trinajstić information content (AvgIpc) is 3.02. The molecule has 1 aliphatic rings. The third-order valence-corrected chi connectivity index (χ3v) is 6.43. The highest BCUT2D eigenvalue weighted by Crippen LogP contribution is 2.24. The molecule has 0 radical (unpaired) electrons. The molecule has 1 aliphatic heterocycles. The first-order valence-electron chi connectivity index (χ1n) is 8.37. The van der Waals surface area contributed by atoms with Crippen molar-refractivity contribution in [3.63, 3.8) is 0 Å². The van der Waals surface area contributed by atoms with Crippen LogP contribution in [-0.2, 0) is 16.6 Å². The van der Waals surface area contributed by atoms with Gasteiger partial charge in [0.15, 0.2) is 5.82 Å². The van der Waals surface area contributed by atoms with Crippen molar-refractivity contribution in [2.75, 3.05) is 27.2 Å². The van der Waals surface area contributed by atoms with Gasteiger partial charge in [0.2, 0.25) is 0 Å². The van der Waals surface area contributed by atoms with Gasteiger partial charge in [-0.25, -0.2) is 9.97 Å². The van der Waals surface area contributed by atoms with Gasteiger partial charge in [-0.15, -0.1) is 0 Å². The maximum Gasteiger partial charge on any atom is 0.281 e. The molecule has 0 saturated carbocycles. The van der Waals surface area contributed by atoms with Crippen LogP contribution in [0.1, 0.15) is 24.2 Å². The van der Waals surface area contributed by atoms with E-state index >= 15 is 0 Å². The SMILES string of the molecule is Cc1cnc(-c2cncc(CC3CCN(S(=O)(=O)N(C)C)CC3)n2)[nH]1. The molecule has 0 amide bonds. The smallest absolute Gasteiger partial charge is 0.281 e. The van der Waals surface area contributed by atoms with Crippen LogP contribution in [0.5, 0.6) is 0 Å². The summed E-state index contributed by atoms with van der Waals surface area (Å²) in [7, 11) is -0.174. The second-order valence-electron chi connectivity index (χ2n) is 6.65. The lowest BCUT2D eigenvalue weighted by Gasteiger charge is -2.32. The first kappa shape index (κ1) is 18.0. The molecule has 1 fully saturated rings. The maximum absolute atomic E-state index is 12.2. The predicted molar refractivity (Wildman–Crippen MR) is 95.0 cm³/mol. The second kappa shape index (κ2) is 7.19. The summed E-state index contributed by atoms with van der Waals surface area (Å²) in [5.74, 6) is 1.13. The van der Waals surface area contributed by atoms with Crippen LogP contribution in [0.4, 0.5) is 0 Å². The fourth-order valence-electron chi connectivity index (χ4n) is 3.03. The summed E-state index contributed by atoms with van der Waals surface area (Å²) >= 11 is 0. The van der Waals surface area contributed by atoms with Gasteiger partial charge in [0.1, 0.15) is 5.69 Å². The fraction of sp³-hybridized carbons (Fsp3) is 0.562. The summed E-state index contributed by atoms with van der Waals surface area (Å²) in [4.78, 5) is 16.4. The van der Waals surface area contributed by atoms with Crippen LogP contribution < -0.4 is 0 Å². The Bertz CT molecular complexity index is 825. The van der Waals surface area contributed by atoms with Crippen molar-refractivity contribution in [2.24, 2.45) is 5.92 Å². The molecular weight excluding hydrogens is 340 g/mol. The third-order valence-electron chi connectivity index (χ3n) is 4.49. The quantitative estimate of drug-likeness (QED) is 0.861. The highest BCUT2D eigenvalue weighted by molar-refractivity contribution is 7.86. The third kappa shape index (κ3) is 4.05. The van der Waals surface area contributed by atoms with Crippen LogP contribution in [0.3, 0.4) is 0 Å². The zero-order chi connectivity index (χ0) is 18.0. The predicted octanol–water partition coefficient (Wildman–Crippen LogP) is 1.24.